The molecule has 0 radical (unpaired) electrons. The normalized spacial score (nSPS) is 15.2. The molecule has 1 aliphatic rings. The highest BCUT2D eigenvalue weighted by Crippen LogP contribution is 2.27. The second-order valence-corrected chi connectivity index (χ2v) is 7.33. The molecule has 1 fully saturated rings. The highest BCUT2D eigenvalue weighted by molar-refractivity contribution is 5.76. The number of rotatable bonds is 6. The van der Waals surface area contributed by atoms with Crippen LogP contribution in [0.1, 0.15) is 31.9 Å². The van der Waals surface area contributed by atoms with Crippen LogP contribution in [0.15, 0.2) is 42.6 Å². The van der Waals surface area contributed by atoms with Crippen LogP contribution >= 0.6 is 0 Å². The first-order valence-electron chi connectivity index (χ1n) is 9.78. The molecule has 0 aliphatic carbocycles. The van der Waals surface area contributed by atoms with Crippen molar-refractivity contribution in [2.75, 3.05) is 31.1 Å². The minimum Gasteiger partial charge on any atom is -0.422 e. The van der Waals surface area contributed by atoms with E-state index in [2.05, 4.69) is 46.0 Å². The lowest BCUT2D eigenvalue weighted by molar-refractivity contribution is -0.137. The number of carbonyl (C=O) groups excluding carboxylic acids is 1. The van der Waals surface area contributed by atoms with E-state index < -0.39 is 0 Å². The van der Waals surface area contributed by atoms with Gasteiger partial charge in [-0.25, -0.2) is 4.98 Å². The lowest BCUT2D eigenvalue weighted by Crippen LogP contribution is -2.46. The van der Waals surface area contributed by atoms with Crippen LogP contribution in [-0.4, -0.2) is 42.0 Å². The minimum atomic E-state index is -0.224. The molecule has 0 saturated carbocycles. The maximum absolute atomic E-state index is 12.0. The maximum atomic E-state index is 12.0. The zero-order valence-corrected chi connectivity index (χ0v) is 16.5. The van der Waals surface area contributed by atoms with Crippen molar-refractivity contribution in [2.24, 2.45) is 5.92 Å². The van der Waals surface area contributed by atoms with Crippen molar-refractivity contribution in [1.29, 1.82) is 0 Å². The molecule has 2 aromatic rings. The van der Waals surface area contributed by atoms with Gasteiger partial charge in [0.1, 0.15) is 0 Å². The van der Waals surface area contributed by atoms with E-state index in [0.717, 1.165) is 45.0 Å². The lowest BCUT2D eigenvalue weighted by Gasteiger charge is -2.35. The Morgan fingerprint density at radius 2 is 1.74 bits per heavy atom. The average Bonchev–Trinajstić information content (AvgIpc) is 2.69. The first-order valence-corrected chi connectivity index (χ1v) is 9.78. The van der Waals surface area contributed by atoms with Gasteiger partial charge in [0.25, 0.3) is 0 Å². The van der Waals surface area contributed by atoms with Crippen LogP contribution in [0, 0.1) is 5.92 Å². The largest absolute Gasteiger partial charge is 0.422 e. The highest BCUT2D eigenvalue weighted by atomic mass is 16.5. The van der Waals surface area contributed by atoms with Gasteiger partial charge < -0.3 is 9.64 Å². The lowest BCUT2D eigenvalue weighted by atomic mass is 10.1. The number of hydrogen-bond donors (Lipinski definition) is 0. The van der Waals surface area contributed by atoms with Crippen LogP contribution in [0.2, 0.25) is 0 Å². The fourth-order valence-electron chi connectivity index (χ4n) is 3.18. The number of nitrogens with zero attached hydrogens (tertiary/aromatic N) is 3. The third-order valence-corrected chi connectivity index (χ3v) is 4.94. The fraction of sp³-hybridized carbons (Fsp3) is 0.455. The summed E-state index contributed by atoms with van der Waals surface area (Å²) < 4.78 is 5.55. The third kappa shape index (κ3) is 5.07. The summed E-state index contributed by atoms with van der Waals surface area (Å²) in [5, 5.41) is 0. The van der Waals surface area contributed by atoms with Crippen LogP contribution in [0.4, 0.5) is 5.82 Å². The number of carbonyl (C=O) groups is 1. The molecule has 5 nitrogen and oxygen atoms in total. The number of esters is 1. The zero-order chi connectivity index (χ0) is 19.2. The fourth-order valence-corrected chi connectivity index (χ4v) is 3.18. The molecule has 0 unspecified atom stereocenters. The predicted molar refractivity (Wildman–Crippen MR) is 108 cm³/mol. The summed E-state index contributed by atoms with van der Waals surface area (Å²) in [6.07, 6.45) is 2.83. The summed E-state index contributed by atoms with van der Waals surface area (Å²) in [5.74, 6) is 0.936. The number of aromatic nitrogens is 1. The van der Waals surface area contributed by atoms with Gasteiger partial charge in [-0.3, -0.25) is 9.69 Å². The van der Waals surface area contributed by atoms with E-state index in [1.165, 1.54) is 11.1 Å². The van der Waals surface area contributed by atoms with Crippen LogP contribution < -0.4 is 9.64 Å². The molecule has 3 rings (SSSR count). The van der Waals surface area contributed by atoms with Crippen LogP contribution in [0.5, 0.6) is 5.75 Å². The third-order valence-electron chi connectivity index (χ3n) is 4.94. The summed E-state index contributed by atoms with van der Waals surface area (Å²) in [5.41, 5.74) is 2.73. The van der Waals surface area contributed by atoms with Gasteiger partial charge >= 0.3 is 5.97 Å². The highest BCUT2D eigenvalue weighted by Gasteiger charge is 2.22. The van der Waals surface area contributed by atoms with Gasteiger partial charge in [-0.2, -0.15) is 0 Å². The van der Waals surface area contributed by atoms with E-state index >= 15 is 0 Å². The molecule has 1 saturated heterocycles. The Balaban J connectivity index is 1.59. The minimum absolute atomic E-state index is 0.158. The summed E-state index contributed by atoms with van der Waals surface area (Å²) >= 11 is 0. The molecule has 144 valence electrons. The number of hydrogen-bond acceptors (Lipinski definition) is 5. The number of ether oxygens (including phenoxy) is 1. The molecule has 27 heavy (non-hydrogen) atoms. The standard InChI is InChI=1S/C22H29N3O2/c1-4-18-7-9-19(10-8-18)16-24-12-14-25(15-13-24)21-20(6-5-11-23-21)27-22(26)17(2)3/h5-11,17H,4,12-16H2,1-3H3. The Hall–Kier alpha value is -2.40. The summed E-state index contributed by atoms with van der Waals surface area (Å²) in [6.45, 7) is 10.5. The van der Waals surface area contributed by atoms with Gasteiger partial charge in [-0.15, -0.1) is 0 Å². The van der Waals surface area contributed by atoms with Crippen LogP contribution in [-0.2, 0) is 17.8 Å². The SMILES string of the molecule is CCc1ccc(CN2CCN(c3ncccc3OC(=O)C(C)C)CC2)cc1. The predicted octanol–water partition coefficient (Wildman–Crippen LogP) is 3.53. The van der Waals surface area contributed by atoms with E-state index in [1.807, 2.05) is 26.0 Å². The van der Waals surface area contributed by atoms with Crippen molar-refractivity contribution in [1.82, 2.24) is 9.88 Å². The Kier molecular flexibility index (Phi) is 6.45. The molecule has 5 heteroatoms. The average molecular weight is 367 g/mol. The monoisotopic (exact) mass is 367 g/mol. The van der Waals surface area contributed by atoms with Crippen molar-refractivity contribution in [2.45, 2.75) is 33.7 Å². The second kappa shape index (κ2) is 9.00. The summed E-state index contributed by atoms with van der Waals surface area (Å²) in [6, 6.07) is 12.5. The van der Waals surface area contributed by atoms with E-state index in [1.54, 1.807) is 6.20 Å². The van der Waals surface area contributed by atoms with Crippen molar-refractivity contribution in [3.05, 3.63) is 53.7 Å². The summed E-state index contributed by atoms with van der Waals surface area (Å²) in [7, 11) is 0. The Morgan fingerprint density at radius 1 is 1.07 bits per heavy atom. The molecule has 1 aromatic heterocycles. The van der Waals surface area contributed by atoms with Gasteiger partial charge in [0, 0.05) is 38.9 Å². The van der Waals surface area contributed by atoms with Gasteiger partial charge in [0.2, 0.25) is 0 Å². The van der Waals surface area contributed by atoms with Crippen LogP contribution in [0.3, 0.4) is 0 Å². The molecule has 0 atom stereocenters. The maximum Gasteiger partial charge on any atom is 0.313 e. The number of pyridine rings is 1. The molecule has 0 bridgehead atoms. The molecule has 1 aliphatic heterocycles. The topological polar surface area (TPSA) is 45.7 Å². The number of anilines is 1. The number of benzene rings is 1. The van der Waals surface area contributed by atoms with E-state index in [9.17, 15) is 4.79 Å². The second-order valence-electron chi connectivity index (χ2n) is 7.33. The molecular weight excluding hydrogens is 338 g/mol. The molecule has 2 heterocycles. The van der Waals surface area contributed by atoms with E-state index in [-0.39, 0.29) is 11.9 Å². The first-order chi connectivity index (χ1) is 13.1. The van der Waals surface area contributed by atoms with E-state index in [4.69, 9.17) is 4.74 Å². The Bertz CT molecular complexity index is 750. The van der Waals surface area contributed by atoms with Gasteiger partial charge in [0.05, 0.1) is 5.92 Å². The van der Waals surface area contributed by atoms with E-state index in [0.29, 0.717) is 5.75 Å². The smallest absolute Gasteiger partial charge is 0.313 e. The first kappa shape index (κ1) is 19.4. The number of piperazine rings is 1. The van der Waals surface area contributed by atoms with Crippen molar-refractivity contribution < 1.29 is 9.53 Å². The molecule has 0 spiro atoms. The zero-order valence-electron chi connectivity index (χ0n) is 16.5. The van der Waals surface area contributed by atoms with Gasteiger partial charge in [0.15, 0.2) is 11.6 Å². The van der Waals surface area contributed by atoms with Crippen molar-refractivity contribution in [3.8, 4) is 5.75 Å². The Morgan fingerprint density at radius 3 is 2.37 bits per heavy atom. The van der Waals surface area contributed by atoms with Crippen LogP contribution in [0.25, 0.3) is 0 Å². The van der Waals surface area contributed by atoms with Gasteiger partial charge in [-0.1, -0.05) is 45.0 Å². The molecule has 0 amide bonds. The Labute approximate surface area is 162 Å². The quantitative estimate of drug-likeness (QED) is 0.731. The van der Waals surface area contributed by atoms with Crippen molar-refractivity contribution in [3.63, 3.8) is 0 Å². The molecular formula is C22H29N3O2. The van der Waals surface area contributed by atoms with Crippen molar-refractivity contribution >= 4 is 11.8 Å². The molecule has 0 N–H and O–H groups in total. The molecule has 1 aromatic carbocycles. The number of aryl methyl sites for hydroxylation is 1. The summed E-state index contributed by atoms with van der Waals surface area (Å²) in [4.78, 5) is 21.1. The van der Waals surface area contributed by atoms with Gasteiger partial charge in [-0.05, 0) is 29.7 Å².